The first-order valence-electron chi connectivity index (χ1n) is 19.5. The van der Waals surface area contributed by atoms with Crippen molar-refractivity contribution in [2.24, 2.45) is 0 Å². The highest BCUT2D eigenvalue weighted by Gasteiger charge is 2.48. The lowest BCUT2D eigenvalue weighted by atomic mass is 9.94. The number of aliphatic hydroxyl groups is 1. The fraction of sp³-hybridized carbons (Fsp3) is 1.00. The summed E-state index contributed by atoms with van der Waals surface area (Å²) >= 11 is 0. The summed E-state index contributed by atoms with van der Waals surface area (Å²) in [6.45, 7) is 14.8. The number of ether oxygens (including phenoxy) is 8. The van der Waals surface area contributed by atoms with E-state index in [1.165, 1.54) is 0 Å². The van der Waals surface area contributed by atoms with E-state index >= 15 is 0 Å². The normalized spacial score (nSPS) is 36.1. The van der Waals surface area contributed by atoms with Gasteiger partial charge in [0.2, 0.25) is 0 Å². The number of alkyl halides is 2. The maximum Gasteiger partial charge on any atom is 0.475 e. The van der Waals surface area contributed by atoms with Crippen molar-refractivity contribution in [1.82, 2.24) is 0 Å². The lowest BCUT2D eigenvalue weighted by molar-refractivity contribution is -0.225. The molecule has 4 aliphatic rings. The average molecular weight is 901 g/mol. The van der Waals surface area contributed by atoms with Crippen molar-refractivity contribution in [3.8, 4) is 0 Å². The van der Waals surface area contributed by atoms with Crippen molar-refractivity contribution in [1.29, 1.82) is 0 Å². The molecule has 0 amide bonds. The molecule has 8 radical (unpaired) electrons. The second-order valence-electron chi connectivity index (χ2n) is 15.2. The zero-order chi connectivity index (χ0) is 44.8. The topological polar surface area (TPSA) is 197 Å². The number of phosphoric ester groups is 2. The van der Waals surface area contributed by atoms with Gasteiger partial charge in [-0.3, -0.25) is 18.1 Å². The lowest BCUT2D eigenvalue weighted by Crippen LogP contribution is -2.36. The van der Waals surface area contributed by atoms with Gasteiger partial charge >= 0.3 is 7.82 Å². The Hall–Kier alpha value is -0.0203. The monoisotopic (exact) mass is 901 g/mol. The third-order valence-electron chi connectivity index (χ3n) is 8.71. The van der Waals surface area contributed by atoms with Gasteiger partial charge < -0.3 is 56.9 Å². The number of rotatable bonds is 20. The highest BCUT2D eigenvalue weighted by atomic mass is 31.2. The Morgan fingerprint density at radius 3 is 1.48 bits per heavy atom. The van der Waals surface area contributed by atoms with Crippen LogP contribution in [0, 0.1) is 0 Å². The molecule has 4 fully saturated rings. The number of hydrogen-bond donors (Lipinski definition) is 1. The van der Waals surface area contributed by atoms with Crippen molar-refractivity contribution in [2.75, 3.05) is 40.6 Å². The van der Waals surface area contributed by atoms with Crippen molar-refractivity contribution >= 4 is 47.0 Å². The minimum Gasteiger partial charge on any atom is -0.756 e. The summed E-state index contributed by atoms with van der Waals surface area (Å²) in [5, 5.41) is 9.28. The Morgan fingerprint density at radius 2 is 1.08 bits per heavy atom. The van der Waals surface area contributed by atoms with Crippen LogP contribution in [0.15, 0.2) is 0 Å². The molecule has 0 aromatic heterocycles. The first-order chi connectivity index (χ1) is 27.4. The van der Waals surface area contributed by atoms with E-state index in [1.54, 1.807) is 0 Å². The quantitative estimate of drug-likeness (QED) is 0.138. The summed E-state index contributed by atoms with van der Waals surface area (Å²) in [7, 11) is 16.1. The van der Waals surface area contributed by atoms with Crippen LogP contribution in [-0.4, -0.2) is 187 Å². The predicted octanol–water partition coefficient (Wildman–Crippen LogP) is 2.71. The van der Waals surface area contributed by atoms with Gasteiger partial charge in [-0.15, -0.1) is 0 Å². The van der Waals surface area contributed by atoms with Gasteiger partial charge in [-0.2, -0.15) is 0 Å². The molecule has 4 rings (SSSR count). The minimum atomic E-state index is -4.23. The molecule has 16 atom stereocenters. The van der Waals surface area contributed by atoms with Crippen LogP contribution in [0.1, 0.15) is 75.7 Å². The molecule has 4 heterocycles. The van der Waals surface area contributed by atoms with Crippen molar-refractivity contribution in [3.63, 3.8) is 0 Å². The molecule has 0 spiro atoms. The van der Waals surface area contributed by atoms with Gasteiger partial charge in [0.15, 0.2) is 0 Å². The molecule has 344 valence electrons. The second kappa shape index (κ2) is 27.5. The number of aliphatic hydroxyl groups excluding tert-OH is 1. The first kappa shape index (κ1) is 58.0. The maximum absolute atomic E-state index is 14.5. The standard InChI is InChI=1S/C17H30B2FO8P.C9H18BO6P.C8H14BFO3.CH4/c1-9(2)23-7-13-16(15(20)17(19)27-13)28-29(21,22-5)24-8-12-11(25-10(3)4)6-14(18)26-12;1-6(2)15-7-4-9(10)16-8(7)5-14-17(11,12)13-3;1-4(2)12-3-5-7(11)6(10)8(9)13-5;/h9-17H,6-8H2,1-5H3;6-9H,4-5H2,1-3H3,(H,11,12);4-8,11H,3H2,1-2H3;1H4/p-1/t11?,12-,13-,14-,15+,16?,17-,29?;7?,8-,9-;5-,6+,7?,8-;/m111./s1. The van der Waals surface area contributed by atoms with Gasteiger partial charge in [-0.05, 0) is 68.2 Å². The van der Waals surface area contributed by atoms with Crippen LogP contribution in [0.3, 0.4) is 0 Å². The van der Waals surface area contributed by atoms with Crippen molar-refractivity contribution < 1.29 is 88.4 Å². The molecule has 60 heavy (non-hydrogen) atoms. The minimum absolute atomic E-state index is 0. The molecule has 1 N–H and O–H groups in total. The van der Waals surface area contributed by atoms with E-state index in [-0.39, 0.29) is 70.5 Å². The van der Waals surface area contributed by atoms with Gasteiger partial charge in [0.05, 0.1) is 75.1 Å². The molecule has 0 aromatic carbocycles. The third kappa shape index (κ3) is 20.0. The van der Waals surface area contributed by atoms with Crippen molar-refractivity contribution in [3.05, 3.63) is 0 Å². The molecule has 25 heteroatoms. The molecule has 0 aliphatic carbocycles. The highest BCUT2D eigenvalue weighted by Crippen LogP contribution is 2.52. The van der Waals surface area contributed by atoms with Crippen LogP contribution in [-0.2, 0) is 69.6 Å². The summed E-state index contributed by atoms with van der Waals surface area (Å²) in [5.41, 5.74) is 0. The Balaban J connectivity index is 0.000000492. The zero-order valence-electron chi connectivity index (χ0n) is 35.6. The van der Waals surface area contributed by atoms with E-state index in [4.69, 9.17) is 82.9 Å². The van der Waals surface area contributed by atoms with Crippen LogP contribution in [0.5, 0.6) is 0 Å². The zero-order valence-corrected chi connectivity index (χ0v) is 37.4. The summed E-state index contributed by atoms with van der Waals surface area (Å²) in [6, 6.07) is -3.24. The molecule has 0 aromatic rings. The maximum atomic E-state index is 14.5. The second-order valence-corrected chi connectivity index (χ2v) is 18.4. The molecule has 0 saturated carbocycles. The lowest BCUT2D eigenvalue weighted by Gasteiger charge is -2.26. The predicted molar refractivity (Wildman–Crippen MR) is 218 cm³/mol. The highest BCUT2D eigenvalue weighted by molar-refractivity contribution is 7.48. The van der Waals surface area contributed by atoms with E-state index in [0.717, 1.165) is 14.2 Å². The van der Waals surface area contributed by atoms with Crippen LogP contribution >= 0.6 is 15.6 Å². The summed E-state index contributed by atoms with van der Waals surface area (Å²) in [4.78, 5) is 11.0. The van der Waals surface area contributed by atoms with Gasteiger partial charge in [0.25, 0.3) is 7.82 Å². The van der Waals surface area contributed by atoms with Crippen LogP contribution < -0.4 is 4.89 Å². The number of phosphoric acid groups is 2. The Labute approximate surface area is 360 Å². The van der Waals surface area contributed by atoms with Gasteiger partial charge in [-0.1, -0.05) is 7.43 Å². The molecular formula is C35H65B4F2O17P2-. The SMILES string of the molecule is C.[B][C@@H]1O[C@H](COC(C)C)C(O)[C@@H]1F.[B][C@@H]1O[C@H](COC(C)C)C(OP(=O)(OC)OC[C@H]2O[C@@H]([B])CC2OC(C)C)[C@@H]1F.[B][C@H]1CC(OC(C)C)[C@@H](COP(=O)([O-])OC)O1. The molecule has 4 saturated heterocycles. The van der Waals surface area contributed by atoms with Crippen LogP contribution in [0.2, 0.25) is 0 Å². The Bertz CT molecular complexity index is 1290. The molecule has 17 nitrogen and oxygen atoms in total. The van der Waals surface area contributed by atoms with Crippen LogP contribution in [0.25, 0.3) is 0 Å². The largest absolute Gasteiger partial charge is 0.756 e. The Morgan fingerprint density at radius 1 is 0.650 bits per heavy atom. The van der Waals surface area contributed by atoms with Gasteiger partial charge in [0.1, 0.15) is 80.4 Å². The molecular weight excluding hydrogens is 836 g/mol. The fourth-order valence-corrected chi connectivity index (χ4v) is 7.48. The average Bonchev–Trinajstić information content (AvgIpc) is 3.84. The van der Waals surface area contributed by atoms with Gasteiger partial charge in [0, 0.05) is 26.2 Å². The first-order valence-corrected chi connectivity index (χ1v) is 22.5. The number of hydrogen-bond acceptors (Lipinski definition) is 17. The van der Waals surface area contributed by atoms with E-state index in [1.807, 2.05) is 55.4 Å². The smallest absolute Gasteiger partial charge is 0.475 e. The molecule has 4 aliphatic heterocycles. The van der Waals surface area contributed by atoms with Crippen LogP contribution in [0.4, 0.5) is 8.78 Å². The summed E-state index contributed by atoms with van der Waals surface area (Å²) < 4.78 is 119. The third-order valence-corrected chi connectivity index (χ3v) is 11.0. The van der Waals surface area contributed by atoms with Crippen molar-refractivity contribution in [2.45, 2.75) is 185 Å². The Kier molecular flexibility index (Phi) is 26.5. The molecule has 0 bridgehead atoms. The van der Waals surface area contributed by atoms with E-state index in [0.29, 0.717) is 12.8 Å². The number of halogens is 2. The summed E-state index contributed by atoms with van der Waals surface area (Å²) in [5.74, 6) is 0. The van der Waals surface area contributed by atoms with E-state index in [9.17, 15) is 27.9 Å². The van der Waals surface area contributed by atoms with Gasteiger partial charge in [-0.25, -0.2) is 13.3 Å². The summed E-state index contributed by atoms with van der Waals surface area (Å²) in [6.07, 6.45) is -7.98. The molecule has 6 unspecified atom stereocenters. The van der Waals surface area contributed by atoms with E-state index in [2.05, 4.69) is 9.05 Å². The van der Waals surface area contributed by atoms with E-state index < -0.39 is 88.6 Å². The fourth-order valence-electron chi connectivity index (χ4n) is 5.91.